The van der Waals surface area contributed by atoms with Gasteiger partial charge in [0.05, 0.1) is 30.2 Å². The third kappa shape index (κ3) is 3.83. The van der Waals surface area contributed by atoms with Gasteiger partial charge in [0.2, 0.25) is 0 Å². The van der Waals surface area contributed by atoms with Crippen molar-refractivity contribution in [3.05, 3.63) is 66.5 Å². The van der Waals surface area contributed by atoms with Crippen LogP contribution in [0.15, 0.2) is 60.9 Å². The van der Waals surface area contributed by atoms with Crippen LogP contribution in [0.4, 0.5) is 17.1 Å². The van der Waals surface area contributed by atoms with E-state index >= 15 is 0 Å². The molecule has 28 heavy (non-hydrogen) atoms. The molecule has 0 atom stereocenters. The van der Waals surface area contributed by atoms with Crippen LogP contribution in [0.3, 0.4) is 0 Å². The number of amides is 1. The van der Waals surface area contributed by atoms with Gasteiger partial charge in [-0.15, -0.1) is 0 Å². The second-order valence-electron chi connectivity index (χ2n) is 6.10. The molecule has 4 rings (SSSR count). The number of rotatable bonds is 5. The summed E-state index contributed by atoms with van der Waals surface area (Å²) in [6.45, 7) is 1.02. The van der Waals surface area contributed by atoms with Crippen molar-refractivity contribution in [3.63, 3.8) is 0 Å². The minimum Gasteiger partial charge on any atom is -0.495 e. The lowest BCUT2D eigenvalue weighted by Crippen LogP contribution is -2.16. The molecule has 2 N–H and O–H groups in total. The van der Waals surface area contributed by atoms with E-state index in [0.717, 1.165) is 5.69 Å². The van der Waals surface area contributed by atoms with Gasteiger partial charge >= 0.3 is 0 Å². The van der Waals surface area contributed by atoms with Gasteiger partial charge in [0, 0.05) is 18.0 Å². The molecule has 0 spiro atoms. The van der Waals surface area contributed by atoms with E-state index in [1.807, 2.05) is 24.3 Å². The molecule has 0 saturated carbocycles. The Morgan fingerprint density at radius 1 is 1.00 bits per heavy atom. The minimum absolute atomic E-state index is 0.271. The van der Waals surface area contributed by atoms with E-state index in [1.165, 1.54) is 6.20 Å². The Morgan fingerprint density at radius 2 is 1.82 bits per heavy atom. The number of pyridine rings is 1. The molecular formula is C21H19N3O4. The van der Waals surface area contributed by atoms with E-state index in [-0.39, 0.29) is 5.91 Å². The number of hydrogen-bond acceptors (Lipinski definition) is 6. The lowest BCUT2D eigenvalue weighted by Gasteiger charge is -2.19. The monoisotopic (exact) mass is 377 g/mol. The molecule has 1 amide bonds. The molecule has 0 unspecified atom stereocenters. The normalized spacial score (nSPS) is 12.2. The van der Waals surface area contributed by atoms with Gasteiger partial charge in [0.25, 0.3) is 5.91 Å². The number of nitrogens with one attached hydrogen (secondary N) is 2. The Bertz CT molecular complexity index is 1010. The fraction of sp³-hybridized carbons (Fsp3) is 0.143. The zero-order valence-corrected chi connectivity index (χ0v) is 15.3. The average Bonchev–Trinajstić information content (AvgIpc) is 2.74. The molecule has 7 heteroatoms. The molecule has 1 aliphatic rings. The molecule has 0 radical (unpaired) electrons. The van der Waals surface area contributed by atoms with E-state index in [9.17, 15) is 4.79 Å². The van der Waals surface area contributed by atoms with Crippen molar-refractivity contribution in [2.75, 3.05) is 31.0 Å². The van der Waals surface area contributed by atoms with Crippen LogP contribution in [-0.4, -0.2) is 31.2 Å². The molecule has 2 aromatic carbocycles. The maximum absolute atomic E-state index is 12.6. The number of fused-ring (bicyclic) bond motifs is 1. The van der Waals surface area contributed by atoms with E-state index in [1.54, 1.807) is 37.6 Å². The summed E-state index contributed by atoms with van der Waals surface area (Å²) in [5.41, 5.74) is 2.52. The smallest absolute Gasteiger partial charge is 0.257 e. The van der Waals surface area contributed by atoms with Gasteiger partial charge < -0.3 is 24.8 Å². The molecule has 0 saturated heterocycles. The van der Waals surface area contributed by atoms with E-state index in [2.05, 4.69) is 15.6 Å². The molecule has 1 aliphatic heterocycles. The number of anilines is 3. The van der Waals surface area contributed by atoms with Crippen molar-refractivity contribution in [1.82, 2.24) is 4.98 Å². The zero-order chi connectivity index (χ0) is 19.3. The summed E-state index contributed by atoms with van der Waals surface area (Å²) < 4.78 is 16.4. The van der Waals surface area contributed by atoms with Gasteiger partial charge in [-0.3, -0.25) is 9.78 Å². The summed E-state index contributed by atoms with van der Waals surface area (Å²) >= 11 is 0. The Hall–Kier alpha value is -3.74. The highest BCUT2D eigenvalue weighted by Crippen LogP contribution is 2.33. The Balaban J connectivity index is 1.50. The third-order valence-corrected chi connectivity index (χ3v) is 4.19. The summed E-state index contributed by atoms with van der Waals surface area (Å²) in [4.78, 5) is 16.8. The van der Waals surface area contributed by atoms with Crippen LogP contribution in [0, 0.1) is 0 Å². The van der Waals surface area contributed by atoms with Crippen LogP contribution in [0.5, 0.6) is 17.2 Å². The Labute approximate surface area is 162 Å². The Kier molecular flexibility index (Phi) is 4.97. The van der Waals surface area contributed by atoms with Crippen molar-refractivity contribution in [1.29, 1.82) is 0 Å². The largest absolute Gasteiger partial charge is 0.495 e. The fourth-order valence-corrected chi connectivity index (χ4v) is 2.86. The van der Waals surface area contributed by atoms with Crippen LogP contribution < -0.4 is 24.8 Å². The molecule has 1 aromatic heterocycles. The predicted molar refractivity (Wildman–Crippen MR) is 106 cm³/mol. The summed E-state index contributed by atoms with van der Waals surface area (Å²) in [6, 6.07) is 14.6. The maximum atomic E-state index is 12.6. The maximum Gasteiger partial charge on any atom is 0.257 e. The van der Waals surface area contributed by atoms with Crippen molar-refractivity contribution in [3.8, 4) is 17.2 Å². The number of nitrogens with zero attached hydrogens (tertiary/aromatic N) is 1. The number of benzene rings is 2. The second kappa shape index (κ2) is 7.87. The summed E-state index contributed by atoms with van der Waals surface area (Å²) in [5.74, 6) is 1.73. The van der Waals surface area contributed by atoms with Crippen LogP contribution in [0.25, 0.3) is 0 Å². The van der Waals surface area contributed by atoms with Crippen molar-refractivity contribution < 1.29 is 19.0 Å². The first-order chi connectivity index (χ1) is 13.7. The fourth-order valence-electron chi connectivity index (χ4n) is 2.86. The highest BCUT2D eigenvalue weighted by molar-refractivity contribution is 6.04. The Morgan fingerprint density at radius 3 is 2.68 bits per heavy atom. The highest BCUT2D eigenvalue weighted by atomic mass is 16.6. The molecule has 7 nitrogen and oxygen atoms in total. The number of carbonyl (C=O) groups is 1. The first-order valence-electron chi connectivity index (χ1n) is 8.79. The SMILES string of the molecule is COc1ccccc1Nc1cncc(C(=O)Nc2ccc3c(c2)OCCO3)c1. The van der Waals surface area contributed by atoms with E-state index < -0.39 is 0 Å². The molecule has 0 aliphatic carbocycles. The lowest BCUT2D eigenvalue weighted by atomic mass is 10.2. The average molecular weight is 377 g/mol. The van der Waals surface area contributed by atoms with E-state index in [4.69, 9.17) is 14.2 Å². The predicted octanol–water partition coefficient (Wildman–Crippen LogP) is 3.86. The standard InChI is InChI=1S/C21H19N3O4/c1-26-18-5-3-2-4-17(18)23-16-10-14(12-22-13-16)21(25)24-15-6-7-19-20(11-15)28-9-8-27-19/h2-7,10-13,23H,8-9H2,1H3,(H,24,25). The summed E-state index contributed by atoms with van der Waals surface area (Å²) in [7, 11) is 1.61. The first kappa shape index (κ1) is 17.7. The number of methoxy groups -OCH3 is 1. The van der Waals surface area contributed by atoms with Crippen LogP contribution >= 0.6 is 0 Å². The van der Waals surface area contributed by atoms with Crippen molar-refractivity contribution in [2.45, 2.75) is 0 Å². The molecule has 2 heterocycles. The number of ether oxygens (including phenoxy) is 3. The number of carbonyl (C=O) groups excluding carboxylic acids is 1. The highest BCUT2D eigenvalue weighted by Gasteiger charge is 2.14. The van der Waals surface area contributed by atoms with Crippen LogP contribution in [-0.2, 0) is 0 Å². The molecule has 0 bridgehead atoms. The molecule has 3 aromatic rings. The van der Waals surface area contributed by atoms with Gasteiger partial charge in [-0.1, -0.05) is 12.1 Å². The van der Waals surface area contributed by atoms with Crippen molar-refractivity contribution >= 4 is 23.0 Å². The first-order valence-corrected chi connectivity index (χ1v) is 8.79. The van der Waals surface area contributed by atoms with Crippen molar-refractivity contribution in [2.24, 2.45) is 0 Å². The van der Waals surface area contributed by atoms with E-state index in [0.29, 0.717) is 47.4 Å². The zero-order valence-electron chi connectivity index (χ0n) is 15.3. The number of aromatic nitrogens is 1. The van der Waals surface area contributed by atoms with Gasteiger partial charge in [-0.05, 0) is 30.3 Å². The van der Waals surface area contributed by atoms with Gasteiger partial charge in [0.15, 0.2) is 11.5 Å². The molecule has 0 fully saturated rings. The molecule has 142 valence electrons. The topological polar surface area (TPSA) is 81.7 Å². The van der Waals surface area contributed by atoms with Gasteiger partial charge in [-0.25, -0.2) is 0 Å². The third-order valence-electron chi connectivity index (χ3n) is 4.19. The summed E-state index contributed by atoms with van der Waals surface area (Å²) in [6.07, 6.45) is 3.16. The number of hydrogen-bond donors (Lipinski definition) is 2. The van der Waals surface area contributed by atoms with Gasteiger partial charge in [0.1, 0.15) is 19.0 Å². The second-order valence-corrected chi connectivity index (χ2v) is 6.10. The minimum atomic E-state index is -0.271. The quantitative estimate of drug-likeness (QED) is 0.703. The van der Waals surface area contributed by atoms with Crippen LogP contribution in [0.1, 0.15) is 10.4 Å². The number of para-hydroxylation sites is 2. The lowest BCUT2D eigenvalue weighted by molar-refractivity contribution is 0.102. The molecular weight excluding hydrogens is 358 g/mol. The van der Waals surface area contributed by atoms with Gasteiger partial charge in [-0.2, -0.15) is 0 Å². The van der Waals surface area contributed by atoms with Crippen LogP contribution in [0.2, 0.25) is 0 Å². The summed E-state index contributed by atoms with van der Waals surface area (Å²) in [5, 5.41) is 6.07.